The van der Waals surface area contributed by atoms with Crippen LogP contribution in [0.1, 0.15) is 11.3 Å². The number of aliphatic hydroxyl groups excluding tert-OH is 1. The van der Waals surface area contributed by atoms with Gasteiger partial charge in [-0.2, -0.15) is 0 Å². The zero-order valence-corrected chi connectivity index (χ0v) is 13.3. The molecule has 3 rings (SSSR count). The quantitative estimate of drug-likeness (QED) is 0.733. The van der Waals surface area contributed by atoms with Crippen LogP contribution in [0.5, 0.6) is 0 Å². The van der Waals surface area contributed by atoms with E-state index in [2.05, 4.69) is 6.58 Å². The predicted octanol–water partition coefficient (Wildman–Crippen LogP) is 3.10. The summed E-state index contributed by atoms with van der Waals surface area (Å²) >= 11 is 0. The third kappa shape index (κ3) is 2.48. The molecule has 0 bridgehead atoms. The van der Waals surface area contributed by atoms with E-state index < -0.39 is 10.0 Å². The number of allylic oxidation sites excluding steroid dienone is 1. The zero-order valence-electron chi connectivity index (χ0n) is 12.5. The Balaban J connectivity index is 2.41. The normalized spacial score (nSPS) is 11.7. The van der Waals surface area contributed by atoms with Crippen LogP contribution >= 0.6 is 0 Å². The first-order valence-electron chi connectivity index (χ1n) is 7.25. The van der Waals surface area contributed by atoms with Gasteiger partial charge in [-0.15, -0.1) is 6.58 Å². The van der Waals surface area contributed by atoms with Crippen LogP contribution in [-0.2, 0) is 23.1 Å². The number of fused-ring (bicyclic) bond motifs is 1. The molecule has 0 aliphatic rings. The molecule has 4 nitrogen and oxygen atoms in total. The summed E-state index contributed by atoms with van der Waals surface area (Å²) in [6.07, 6.45) is 2.00. The number of nitrogens with zero attached hydrogens (tertiary/aromatic N) is 1. The molecule has 5 heteroatoms. The molecule has 0 radical (unpaired) electrons. The van der Waals surface area contributed by atoms with Crippen molar-refractivity contribution in [2.75, 3.05) is 0 Å². The highest BCUT2D eigenvalue weighted by atomic mass is 32.2. The van der Waals surface area contributed by atoms with Gasteiger partial charge in [-0.3, -0.25) is 0 Å². The highest BCUT2D eigenvalue weighted by Gasteiger charge is 2.25. The van der Waals surface area contributed by atoms with Crippen molar-refractivity contribution in [2.24, 2.45) is 0 Å². The molecule has 23 heavy (non-hydrogen) atoms. The lowest BCUT2D eigenvalue weighted by Crippen LogP contribution is -2.16. The second-order valence-electron chi connectivity index (χ2n) is 5.18. The molecule has 118 valence electrons. The molecule has 0 aliphatic carbocycles. The van der Waals surface area contributed by atoms with Crippen LogP contribution < -0.4 is 0 Å². The van der Waals surface area contributed by atoms with E-state index in [9.17, 15) is 13.5 Å². The van der Waals surface area contributed by atoms with Gasteiger partial charge in [-0.1, -0.05) is 42.5 Å². The number of rotatable bonds is 5. The van der Waals surface area contributed by atoms with Crippen molar-refractivity contribution in [1.82, 2.24) is 3.97 Å². The minimum Gasteiger partial charge on any atom is -0.392 e. The van der Waals surface area contributed by atoms with E-state index >= 15 is 0 Å². The number of hydrogen-bond donors (Lipinski definition) is 1. The van der Waals surface area contributed by atoms with Crippen LogP contribution in [0.15, 0.2) is 72.1 Å². The van der Waals surface area contributed by atoms with Gasteiger partial charge < -0.3 is 5.11 Å². The van der Waals surface area contributed by atoms with Crippen LogP contribution in [0.25, 0.3) is 10.9 Å². The van der Waals surface area contributed by atoms with Crippen molar-refractivity contribution < 1.29 is 13.5 Å². The standard InChI is InChI=1S/C18H17NO3S/c1-2-8-17-16(13-20)15-11-6-7-12-18(15)19(17)23(21,22)14-9-4-3-5-10-14/h2-7,9-12,20H,1,8,13H2. The lowest BCUT2D eigenvalue weighted by atomic mass is 10.1. The molecule has 0 aliphatic heterocycles. The molecule has 1 aromatic heterocycles. The Morgan fingerprint density at radius 3 is 2.35 bits per heavy atom. The predicted molar refractivity (Wildman–Crippen MR) is 90.8 cm³/mol. The summed E-state index contributed by atoms with van der Waals surface area (Å²) in [4.78, 5) is 0.218. The third-order valence-electron chi connectivity index (χ3n) is 3.82. The summed E-state index contributed by atoms with van der Waals surface area (Å²) in [6.45, 7) is 3.49. The largest absolute Gasteiger partial charge is 0.392 e. The maximum absolute atomic E-state index is 13.1. The van der Waals surface area contributed by atoms with Gasteiger partial charge in [0.2, 0.25) is 0 Å². The molecule has 0 saturated carbocycles. The van der Waals surface area contributed by atoms with Gasteiger partial charge in [-0.05, 0) is 18.2 Å². The average molecular weight is 327 g/mol. The fourth-order valence-corrected chi connectivity index (χ4v) is 4.43. The Bertz CT molecular complexity index is 957. The zero-order chi connectivity index (χ0) is 16.4. The number of benzene rings is 2. The summed E-state index contributed by atoms with van der Waals surface area (Å²) in [5.74, 6) is 0. The molecule has 0 fully saturated rings. The fraction of sp³-hybridized carbons (Fsp3) is 0.111. The number of para-hydroxylation sites is 1. The van der Waals surface area contributed by atoms with Gasteiger partial charge >= 0.3 is 0 Å². The average Bonchev–Trinajstić information content (AvgIpc) is 2.89. The highest BCUT2D eigenvalue weighted by molar-refractivity contribution is 7.90. The summed E-state index contributed by atoms with van der Waals surface area (Å²) in [5.41, 5.74) is 1.74. The maximum Gasteiger partial charge on any atom is 0.268 e. The molecule has 2 aromatic carbocycles. The Kier molecular flexibility index (Phi) is 4.07. The number of aliphatic hydroxyl groups is 1. The van der Waals surface area contributed by atoms with Crippen LogP contribution in [0.4, 0.5) is 0 Å². The van der Waals surface area contributed by atoms with Crippen molar-refractivity contribution in [3.63, 3.8) is 0 Å². The smallest absolute Gasteiger partial charge is 0.268 e. The monoisotopic (exact) mass is 327 g/mol. The second-order valence-corrected chi connectivity index (χ2v) is 6.96. The first-order chi connectivity index (χ1) is 11.1. The van der Waals surface area contributed by atoms with Crippen molar-refractivity contribution >= 4 is 20.9 Å². The van der Waals surface area contributed by atoms with Crippen molar-refractivity contribution in [2.45, 2.75) is 17.9 Å². The Morgan fingerprint density at radius 2 is 1.70 bits per heavy atom. The van der Waals surface area contributed by atoms with E-state index in [1.165, 1.54) is 3.97 Å². The summed E-state index contributed by atoms with van der Waals surface area (Å²) in [7, 11) is -3.75. The van der Waals surface area contributed by atoms with Crippen LogP contribution in [-0.4, -0.2) is 17.5 Å². The molecule has 0 atom stereocenters. The lowest BCUT2D eigenvalue weighted by Gasteiger charge is -2.11. The van der Waals surface area contributed by atoms with Crippen LogP contribution in [0, 0.1) is 0 Å². The lowest BCUT2D eigenvalue weighted by molar-refractivity contribution is 0.282. The molecule has 0 saturated heterocycles. The number of hydrogen-bond acceptors (Lipinski definition) is 3. The van der Waals surface area contributed by atoms with E-state index in [1.807, 2.05) is 12.1 Å². The minimum atomic E-state index is -3.75. The van der Waals surface area contributed by atoms with Crippen LogP contribution in [0.2, 0.25) is 0 Å². The fourth-order valence-electron chi connectivity index (χ4n) is 2.82. The first-order valence-corrected chi connectivity index (χ1v) is 8.69. The van der Waals surface area contributed by atoms with E-state index in [4.69, 9.17) is 0 Å². The van der Waals surface area contributed by atoms with Crippen molar-refractivity contribution in [1.29, 1.82) is 0 Å². The van der Waals surface area contributed by atoms with Gasteiger partial charge in [0.05, 0.1) is 17.0 Å². The van der Waals surface area contributed by atoms with Gasteiger partial charge in [0.25, 0.3) is 10.0 Å². The molecule has 3 aromatic rings. The van der Waals surface area contributed by atoms with Crippen molar-refractivity contribution in [3.05, 3.63) is 78.5 Å². The van der Waals surface area contributed by atoms with Gasteiger partial charge in [0.15, 0.2) is 0 Å². The number of aromatic nitrogens is 1. The Morgan fingerprint density at radius 1 is 1.04 bits per heavy atom. The van der Waals surface area contributed by atoms with E-state index in [0.717, 1.165) is 5.39 Å². The van der Waals surface area contributed by atoms with Gasteiger partial charge in [0.1, 0.15) is 0 Å². The van der Waals surface area contributed by atoms with Crippen LogP contribution in [0.3, 0.4) is 0 Å². The summed E-state index contributed by atoms with van der Waals surface area (Å²) in [6, 6.07) is 15.5. The maximum atomic E-state index is 13.1. The molecule has 1 heterocycles. The van der Waals surface area contributed by atoms with Gasteiger partial charge in [-0.25, -0.2) is 12.4 Å². The molecule has 0 amide bonds. The third-order valence-corrected chi connectivity index (χ3v) is 5.58. The molecule has 0 unspecified atom stereocenters. The Hall–Kier alpha value is -2.37. The highest BCUT2D eigenvalue weighted by Crippen LogP contribution is 2.30. The van der Waals surface area contributed by atoms with E-state index in [0.29, 0.717) is 23.2 Å². The summed E-state index contributed by atoms with van der Waals surface area (Å²) < 4.78 is 27.6. The SMILES string of the molecule is C=CCc1c(CO)c2ccccc2n1S(=O)(=O)c1ccccc1. The van der Waals surface area contributed by atoms with E-state index in [1.54, 1.807) is 48.5 Å². The van der Waals surface area contributed by atoms with Gasteiger partial charge in [0, 0.05) is 23.1 Å². The van der Waals surface area contributed by atoms with E-state index in [-0.39, 0.29) is 11.5 Å². The van der Waals surface area contributed by atoms with Crippen molar-refractivity contribution in [3.8, 4) is 0 Å². The topological polar surface area (TPSA) is 59.3 Å². The Labute approximate surface area is 135 Å². The molecular weight excluding hydrogens is 310 g/mol. The minimum absolute atomic E-state index is 0.218. The summed E-state index contributed by atoms with van der Waals surface area (Å²) in [5, 5.41) is 10.5. The first kappa shape index (κ1) is 15.5. The molecule has 0 spiro atoms. The second kappa shape index (κ2) is 6.02. The molecule has 1 N–H and O–H groups in total. The molecular formula is C18H17NO3S.